The van der Waals surface area contributed by atoms with E-state index in [0.29, 0.717) is 24.0 Å². The van der Waals surface area contributed by atoms with Crippen LogP contribution in [0.4, 0.5) is 13.2 Å². The second kappa shape index (κ2) is 9.92. The van der Waals surface area contributed by atoms with E-state index in [1.807, 2.05) is 36.4 Å². The average molecular weight is 561 g/mol. The molecule has 3 aromatic carbocycles. The number of aryl methyl sites for hydroxylation is 2. The first-order valence-corrected chi connectivity index (χ1v) is 13.4. The Labute approximate surface area is 221 Å². The Kier molecular flexibility index (Phi) is 6.75. The molecular formula is C27H23F3N2O6S. The maximum absolute atomic E-state index is 13.2. The van der Waals surface area contributed by atoms with E-state index >= 15 is 0 Å². The molecule has 5 rings (SSSR count). The summed E-state index contributed by atoms with van der Waals surface area (Å²) < 4.78 is 75.9. The van der Waals surface area contributed by atoms with Crippen LogP contribution in [0, 0.1) is 0 Å². The number of carboxylic acid groups (broad SMARTS) is 1. The summed E-state index contributed by atoms with van der Waals surface area (Å²) in [6.45, 7) is 0. The molecule has 1 heterocycles. The lowest BCUT2D eigenvalue weighted by molar-refractivity contribution is -0.136. The molecule has 1 aliphatic rings. The monoisotopic (exact) mass is 560 g/mol. The van der Waals surface area contributed by atoms with Gasteiger partial charge in [0.2, 0.25) is 0 Å². The molecule has 12 heteroatoms. The quantitative estimate of drug-likeness (QED) is 0.238. The van der Waals surface area contributed by atoms with E-state index in [9.17, 15) is 31.5 Å². The average Bonchev–Trinajstić information content (AvgIpc) is 3.44. The third kappa shape index (κ3) is 5.42. The molecule has 0 bridgehead atoms. The highest BCUT2D eigenvalue weighted by Crippen LogP contribution is 2.41. The molecule has 39 heavy (non-hydrogen) atoms. The van der Waals surface area contributed by atoms with Crippen molar-refractivity contribution in [2.45, 2.75) is 37.3 Å². The Hall–Kier alpha value is -4.06. The number of aliphatic carboxylic acids is 1. The summed E-state index contributed by atoms with van der Waals surface area (Å²) in [6.07, 6.45) is 1.67. The van der Waals surface area contributed by atoms with Crippen molar-refractivity contribution in [1.82, 2.24) is 9.78 Å². The molecular weight excluding hydrogens is 537 g/mol. The zero-order chi connectivity index (χ0) is 27.9. The van der Waals surface area contributed by atoms with Crippen LogP contribution in [0.1, 0.15) is 23.1 Å². The lowest BCUT2D eigenvalue weighted by Crippen LogP contribution is -2.28. The molecule has 1 N–H and O–H groups in total. The number of carbonyl (C=O) groups is 1. The van der Waals surface area contributed by atoms with Gasteiger partial charge < -0.3 is 14.0 Å². The Balaban J connectivity index is 1.63. The van der Waals surface area contributed by atoms with Crippen LogP contribution in [0.2, 0.25) is 0 Å². The summed E-state index contributed by atoms with van der Waals surface area (Å²) in [6, 6.07) is 15.7. The summed E-state index contributed by atoms with van der Waals surface area (Å²) in [5.41, 5.74) is -1.61. The predicted octanol–water partition coefficient (Wildman–Crippen LogP) is 5.03. The number of carboxylic acids is 1. The van der Waals surface area contributed by atoms with Gasteiger partial charge in [0.1, 0.15) is 17.6 Å². The van der Waals surface area contributed by atoms with Crippen LogP contribution >= 0.6 is 0 Å². The number of hydrogen-bond acceptors (Lipinski definition) is 6. The third-order valence-electron chi connectivity index (χ3n) is 6.62. The number of halogens is 3. The number of fused-ring (bicyclic) bond motifs is 2. The first-order chi connectivity index (χ1) is 18.4. The second-order valence-corrected chi connectivity index (χ2v) is 10.8. The highest BCUT2D eigenvalue weighted by Gasteiger charge is 2.49. The molecule has 204 valence electrons. The molecule has 0 radical (unpaired) electrons. The van der Waals surface area contributed by atoms with Gasteiger partial charge in [-0.1, -0.05) is 30.3 Å². The molecule has 8 nitrogen and oxygen atoms in total. The van der Waals surface area contributed by atoms with Crippen molar-refractivity contribution in [2.75, 3.05) is 0 Å². The van der Waals surface area contributed by atoms with Gasteiger partial charge in [-0.2, -0.15) is 26.7 Å². The van der Waals surface area contributed by atoms with E-state index in [4.69, 9.17) is 4.74 Å². The molecule has 0 saturated carbocycles. The van der Waals surface area contributed by atoms with E-state index in [-0.39, 0.29) is 23.8 Å². The fourth-order valence-electron chi connectivity index (χ4n) is 4.72. The summed E-state index contributed by atoms with van der Waals surface area (Å²) in [7, 11) is -4.23. The van der Waals surface area contributed by atoms with Gasteiger partial charge in [-0.25, -0.2) is 0 Å². The molecule has 1 aromatic heterocycles. The maximum Gasteiger partial charge on any atom is 0.534 e. The number of nitrogens with zero attached hydrogens (tertiary/aromatic N) is 2. The van der Waals surface area contributed by atoms with Crippen LogP contribution < -0.4 is 8.92 Å². The Morgan fingerprint density at radius 3 is 2.41 bits per heavy atom. The molecule has 0 unspecified atom stereocenters. The van der Waals surface area contributed by atoms with Gasteiger partial charge in [-0.15, -0.1) is 0 Å². The van der Waals surface area contributed by atoms with Crippen molar-refractivity contribution in [2.24, 2.45) is 7.05 Å². The highest BCUT2D eigenvalue weighted by atomic mass is 32.2. The van der Waals surface area contributed by atoms with Gasteiger partial charge in [0.15, 0.2) is 0 Å². The van der Waals surface area contributed by atoms with Gasteiger partial charge in [0.05, 0.1) is 11.7 Å². The summed E-state index contributed by atoms with van der Waals surface area (Å²) in [4.78, 5) is 11.3. The molecule has 0 atom stereocenters. The van der Waals surface area contributed by atoms with E-state index in [2.05, 4.69) is 9.28 Å². The van der Waals surface area contributed by atoms with Gasteiger partial charge in [-0.05, 0) is 46.9 Å². The molecule has 1 aliphatic carbocycles. The van der Waals surface area contributed by atoms with Crippen molar-refractivity contribution in [1.29, 1.82) is 0 Å². The van der Waals surface area contributed by atoms with Gasteiger partial charge in [0, 0.05) is 43.3 Å². The largest absolute Gasteiger partial charge is 0.534 e. The zero-order valence-corrected chi connectivity index (χ0v) is 21.4. The fraction of sp³-hybridized carbons (Fsp3) is 0.259. The third-order valence-corrected chi connectivity index (χ3v) is 7.58. The van der Waals surface area contributed by atoms with Gasteiger partial charge in [0.25, 0.3) is 0 Å². The minimum atomic E-state index is -6.02. The number of alkyl halides is 3. The number of hydrogen-bond donors (Lipinski definition) is 1. The number of ether oxygens (including phenoxy) is 1. The highest BCUT2D eigenvalue weighted by molar-refractivity contribution is 7.88. The topological polar surface area (TPSA) is 108 Å². The maximum atomic E-state index is 13.2. The van der Waals surface area contributed by atoms with Gasteiger partial charge in [-0.3, -0.25) is 9.48 Å². The van der Waals surface area contributed by atoms with Crippen LogP contribution in [-0.2, 0) is 41.2 Å². The van der Waals surface area contributed by atoms with Gasteiger partial charge >= 0.3 is 21.6 Å². The molecule has 0 saturated heterocycles. The Bertz CT molecular complexity index is 1660. The first kappa shape index (κ1) is 26.5. The van der Waals surface area contributed by atoms with E-state index < -0.39 is 33.8 Å². The smallest absolute Gasteiger partial charge is 0.489 e. The summed E-state index contributed by atoms with van der Waals surface area (Å²) in [5, 5.41) is 14.2. The minimum absolute atomic E-state index is 0.0198. The van der Waals surface area contributed by atoms with E-state index in [1.165, 1.54) is 6.07 Å². The van der Waals surface area contributed by atoms with Crippen LogP contribution in [0.25, 0.3) is 22.0 Å². The summed E-state index contributed by atoms with van der Waals surface area (Å²) >= 11 is 0. The van der Waals surface area contributed by atoms with E-state index in [0.717, 1.165) is 28.1 Å². The summed E-state index contributed by atoms with van der Waals surface area (Å²) in [5.74, 6) is -1.73. The van der Waals surface area contributed by atoms with Crippen LogP contribution in [0.3, 0.4) is 0 Å². The van der Waals surface area contributed by atoms with Crippen LogP contribution in [-0.4, -0.2) is 40.9 Å². The Morgan fingerprint density at radius 1 is 1.08 bits per heavy atom. The molecule has 0 fully saturated rings. The standard InChI is InChI=1S/C27H23F3N2O6S/c1-32-23-8-6-18(10-20(23)15-31-32)22-13-19(7-9-26(33)34)24(38-39(35,36)27(28,29)30)14-25(22)37-21-11-16-4-2-3-5-17(16)12-21/h2-6,8,10,13-15,21H,7,9,11-12H2,1H3,(H,33,34). The number of aromatic nitrogens is 2. The number of benzene rings is 3. The lowest BCUT2D eigenvalue weighted by Gasteiger charge is -2.21. The van der Waals surface area contributed by atoms with Crippen molar-refractivity contribution in [3.63, 3.8) is 0 Å². The fourth-order valence-corrected chi connectivity index (χ4v) is 5.21. The van der Waals surface area contributed by atoms with Crippen molar-refractivity contribution >= 4 is 27.0 Å². The van der Waals surface area contributed by atoms with Crippen molar-refractivity contribution in [3.05, 3.63) is 77.5 Å². The molecule has 0 aliphatic heterocycles. The normalized spacial score (nSPS) is 13.9. The molecule has 4 aromatic rings. The zero-order valence-electron chi connectivity index (χ0n) is 20.6. The molecule has 0 amide bonds. The first-order valence-electron chi connectivity index (χ1n) is 12.0. The van der Waals surface area contributed by atoms with Crippen molar-refractivity contribution < 1.29 is 40.4 Å². The van der Waals surface area contributed by atoms with E-state index in [1.54, 1.807) is 24.0 Å². The minimum Gasteiger partial charge on any atom is -0.489 e. The SMILES string of the molecule is Cn1ncc2cc(-c3cc(CCC(=O)O)c(OS(=O)(=O)C(F)(F)F)cc3OC3Cc4ccccc4C3)ccc21. The number of rotatable bonds is 8. The second-order valence-electron chi connectivity index (χ2n) is 9.29. The Morgan fingerprint density at radius 2 is 1.77 bits per heavy atom. The molecule has 0 spiro atoms. The lowest BCUT2D eigenvalue weighted by atomic mass is 9.98. The van der Waals surface area contributed by atoms with Crippen LogP contribution in [0.5, 0.6) is 11.5 Å². The van der Waals surface area contributed by atoms with Crippen molar-refractivity contribution in [3.8, 4) is 22.6 Å². The predicted molar refractivity (Wildman–Crippen MR) is 136 cm³/mol. The van der Waals surface area contributed by atoms with Crippen LogP contribution in [0.15, 0.2) is 60.8 Å².